The van der Waals surface area contributed by atoms with Gasteiger partial charge in [-0.25, -0.2) is 0 Å². The van der Waals surface area contributed by atoms with Crippen molar-refractivity contribution in [1.29, 1.82) is 0 Å². The van der Waals surface area contributed by atoms with Crippen LogP contribution in [0.15, 0.2) is 33.2 Å². The number of nitrogens with one attached hydrogen (secondary N) is 1. The van der Waals surface area contributed by atoms with Gasteiger partial charge in [0.05, 0.1) is 27.2 Å². The fourth-order valence-electron chi connectivity index (χ4n) is 2.11. The summed E-state index contributed by atoms with van der Waals surface area (Å²) < 4.78 is 41.0. The van der Waals surface area contributed by atoms with E-state index in [1.807, 2.05) is 0 Å². The number of aryl methyl sites for hydroxylation is 1. The van der Waals surface area contributed by atoms with Crippen LogP contribution in [0.4, 0.5) is 35.9 Å². The van der Waals surface area contributed by atoms with Crippen molar-refractivity contribution in [2.45, 2.75) is 13.1 Å². The van der Waals surface area contributed by atoms with E-state index in [1.54, 1.807) is 19.1 Å². The van der Waals surface area contributed by atoms with E-state index in [0.717, 1.165) is 0 Å². The summed E-state index contributed by atoms with van der Waals surface area (Å²) in [5, 5.41) is 24.5. The Morgan fingerprint density at radius 2 is 1.65 bits per heavy atom. The zero-order chi connectivity index (χ0) is 19.8. The highest BCUT2D eigenvalue weighted by Gasteiger charge is 2.40. The maximum atomic E-state index is 13.4. The summed E-state index contributed by atoms with van der Waals surface area (Å²) in [7, 11) is 0. The number of rotatable bonds is 4. The Morgan fingerprint density at radius 1 is 1.04 bits per heavy atom. The Bertz CT molecular complexity index is 919. The molecule has 0 radical (unpaired) electrons. The number of benzene rings is 2. The van der Waals surface area contributed by atoms with E-state index in [1.165, 1.54) is 0 Å². The first-order chi connectivity index (χ1) is 11.9. The Balaban J connectivity index is 2.81. The molecule has 0 unspecified atom stereocenters. The molecule has 0 atom stereocenters. The zero-order valence-corrected chi connectivity index (χ0v) is 15.9. The third-order valence-electron chi connectivity index (χ3n) is 3.35. The summed E-state index contributed by atoms with van der Waals surface area (Å²) >= 11 is 6.37. The summed E-state index contributed by atoms with van der Waals surface area (Å²) in [6.07, 6.45) is -5.05. The van der Waals surface area contributed by atoms with Gasteiger partial charge in [0.2, 0.25) is 0 Å². The third kappa shape index (κ3) is 3.96. The van der Waals surface area contributed by atoms with E-state index in [0.29, 0.717) is 20.6 Å². The number of nitrogens with zero attached hydrogens (tertiary/aromatic N) is 2. The molecule has 2 aromatic rings. The molecule has 1 N–H and O–H groups in total. The largest absolute Gasteiger partial charge is 0.418 e. The van der Waals surface area contributed by atoms with Crippen molar-refractivity contribution in [3.63, 3.8) is 0 Å². The smallest absolute Gasteiger partial charge is 0.348 e. The molecule has 0 aromatic heterocycles. The van der Waals surface area contributed by atoms with Crippen molar-refractivity contribution in [3.05, 3.63) is 64.6 Å². The van der Waals surface area contributed by atoms with E-state index < -0.39 is 38.6 Å². The number of halogens is 5. The fraction of sp³-hybridized carbons (Fsp3) is 0.143. The SMILES string of the molecule is Cc1ccc(Br)c(Nc2c([N+](=O)[O-])cc([N+](=O)[O-])cc2C(F)(F)F)c1Br. The third-order valence-corrected chi connectivity index (χ3v) is 5.03. The molecular formula is C14H8Br2F3N3O4. The monoisotopic (exact) mass is 497 g/mol. The van der Waals surface area contributed by atoms with Crippen LogP contribution in [0.25, 0.3) is 0 Å². The molecule has 0 aliphatic carbocycles. The Morgan fingerprint density at radius 3 is 2.15 bits per heavy atom. The predicted octanol–water partition coefficient (Wildman–Crippen LogP) is 6.10. The van der Waals surface area contributed by atoms with Crippen LogP contribution in [-0.4, -0.2) is 9.85 Å². The fourth-order valence-corrected chi connectivity index (χ4v) is 3.25. The second kappa shape index (κ2) is 7.19. The molecule has 0 spiro atoms. The lowest BCUT2D eigenvalue weighted by atomic mass is 10.1. The van der Waals surface area contributed by atoms with Gasteiger partial charge in [-0.05, 0) is 50.4 Å². The van der Waals surface area contributed by atoms with E-state index >= 15 is 0 Å². The van der Waals surface area contributed by atoms with Gasteiger partial charge in [-0.3, -0.25) is 20.2 Å². The Labute approximate surface area is 160 Å². The van der Waals surface area contributed by atoms with Gasteiger partial charge >= 0.3 is 6.18 Å². The number of alkyl halides is 3. The van der Waals surface area contributed by atoms with Crippen molar-refractivity contribution in [3.8, 4) is 0 Å². The second-order valence-corrected chi connectivity index (χ2v) is 6.73. The van der Waals surface area contributed by atoms with Gasteiger partial charge in [-0.2, -0.15) is 13.2 Å². The van der Waals surface area contributed by atoms with Crippen LogP contribution in [0.2, 0.25) is 0 Å². The number of anilines is 2. The minimum absolute atomic E-state index is 0.118. The highest BCUT2D eigenvalue weighted by Crippen LogP contribution is 2.45. The van der Waals surface area contributed by atoms with Gasteiger partial charge in [-0.15, -0.1) is 0 Å². The van der Waals surface area contributed by atoms with E-state index in [4.69, 9.17) is 0 Å². The summed E-state index contributed by atoms with van der Waals surface area (Å²) in [5.74, 6) is 0. The quantitative estimate of drug-likeness (QED) is 0.405. The lowest BCUT2D eigenvalue weighted by Gasteiger charge is -2.17. The van der Waals surface area contributed by atoms with Gasteiger partial charge in [0.15, 0.2) is 0 Å². The molecule has 0 saturated carbocycles. The molecule has 138 valence electrons. The van der Waals surface area contributed by atoms with Crippen molar-refractivity contribution < 1.29 is 23.0 Å². The van der Waals surface area contributed by atoms with Gasteiger partial charge in [0, 0.05) is 15.0 Å². The Hall–Kier alpha value is -2.21. The predicted molar refractivity (Wildman–Crippen MR) is 94.6 cm³/mol. The molecule has 0 aliphatic rings. The van der Waals surface area contributed by atoms with Crippen molar-refractivity contribution in [1.82, 2.24) is 0 Å². The molecule has 7 nitrogen and oxygen atoms in total. The first-order valence-electron chi connectivity index (χ1n) is 6.69. The van der Waals surface area contributed by atoms with Crippen LogP contribution in [0.1, 0.15) is 11.1 Å². The molecule has 0 fully saturated rings. The maximum absolute atomic E-state index is 13.4. The van der Waals surface area contributed by atoms with Crippen LogP contribution in [0.5, 0.6) is 0 Å². The topological polar surface area (TPSA) is 98.3 Å². The Kier molecular flexibility index (Phi) is 5.56. The van der Waals surface area contributed by atoms with E-state index in [-0.39, 0.29) is 11.8 Å². The molecule has 0 aliphatic heterocycles. The number of nitro groups is 2. The first-order valence-corrected chi connectivity index (χ1v) is 8.27. The average molecular weight is 499 g/mol. The zero-order valence-electron chi connectivity index (χ0n) is 12.7. The minimum atomic E-state index is -5.05. The van der Waals surface area contributed by atoms with Gasteiger partial charge < -0.3 is 5.32 Å². The average Bonchev–Trinajstić information content (AvgIpc) is 2.53. The summed E-state index contributed by atoms with van der Waals surface area (Å²) in [6.45, 7) is 1.68. The number of nitro benzene ring substituents is 2. The molecule has 12 heteroatoms. The lowest BCUT2D eigenvalue weighted by molar-refractivity contribution is -0.394. The van der Waals surface area contributed by atoms with Crippen LogP contribution in [0, 0.1) is 27.2 Å². The summed E-state index contributed by atoms with van der Waals surface area (Å²) in [4.78, 5) is 19.9. The molecule has 0 saturated heterocycles. The highest BCUT2D eigenvalue weighted by atomic mass is 79.9. The van der Waals surface area contributed by atoms with Crippen molar-refractivity contribution in [2.75, 3.05) is 5.32 Å². The second-order valence-electron chi connectivity index (χ2n) is 5.08. The molecule has 2 rings (SSSR count). The van der Waals surface area contributed by atoms with Crippen LogP contribution >= 0.6 is 31.9 Å². The van der Waals surface area contributed by atoms with Crippen LogP contribution in [-0.2, 0) is 6.18 Å². The molecular weight excluding hydrogens is 491 g/mol. The summed E-state index contributed by atoms with van der Waals surface area (Å²) in [5.41, 5.74) is -3.72. The molecule has 26 heavy (non-hydrogen) atoms. The lowest BCUT2D eigenvalue weighted by Crippen LogP contribution is -2.12. The van der Waals surface area contributed by atoms with Gasteiger partial charge in [-0.1, -0.05) is 6.07 Å². The van der Waals surface area contributed by atoms with E-state index in [2.05, 4.69) is 37.2 Å². The van der Waals surface area contributed by atoms with Gasteiger partial charge in [0.1, 0.15) is 5.69 Å². The van der Waals surface area contributed by atoms with Crippen molar-refractivity contribution in [2.24, 2.45) is 0 Å². The first kappa shape index (κ1) is 20.1. The number of non-ortho nitro benzene ring substituents is 1. The van der Waals surface area contributed by atoms with Crippen LogP contribution < -0.4 is 5.32 Å². The molecule has 0 heterocycles. The number of hydrogen-bond acceptors (Lipinski definition) is 5. The van der Waals surface area contributed by atoms with Crippen LogP contribution in [0.3, 0.4) is 0 Å². The normalized spacial score (nSPS) is 11.3. The number of hydrogen-bond donors (Lipinski definition) is 1. The molecule has 2 aromatic carbocycles. The maximum Gasteiger partial charge on any atom is 0.418 e. The highest BCUT2D eigenvalue weighted by molar-refractivity contribution is 9.11. The van der Waals surface area contributed by atoms with Crippen molar-refractivity contribution >= 4 is 54.6 Å². The summed E-state index contributed by atoms with van der Waals surface area (Å²) in [6, 6.07) is 3.96. The van der Waals surface area contributed by atoms with E-state index in [9.17, 15) is 33.4 Å². The molecule has 0 amide bonds. The minimum Gasteiger partial charge on any atom is -0.348 e. The van der Waals surface area contributed by atoms with Gasteiger partial charge in [0.25, 0.3) is 11.4 Å². The standard InChI is InChI=1S/C14H8Br2F3N3O4/c1-6-2-3-9(15)13(11(6)16)20-12-8(14(17,18)19)4-7(21(23)24)5-10(12)22(25)26/h2-5,20H,1H3. The molecule has 0 bridgehead atoms.